The molecule has 0 spiro atoms. The zero-order chi connectivity index (χ0) is 29.5. The predicted octanol–water partition coefficient (Wildman–Crippen LogP) is 3.05. The fraction of sp³-hybridized carbons (Fsp3) is 0.161. The lowest BCUT2D eigenvalue weighted by Crippen LogP contribution is -2.38. The van der Waals surface area contributed by atoms with E-state index in [2.05, 4.69) is 10.4 Å². The molecule has 1 aliphatic heterocycles. The summed E-state index contributed by atoms with van der Waals surface area (Å²) < 4.78 is 29.7. The number of aromatic amines is 1. The molecule has 3 heterocycles. The van der Waals surface area contributed by atoms with Crippen molar-refractivity contribution in [2.45, 2.75) is 12.3 Å². The molecule has 216 valence electrons. The van der Waals surface area contributed by atoms with Crippen LogP contribution in [0.25, 0.3) is 17.3 Å². The van der Waals surface area contributed by atoms with Gasteiger partial charge < -0.3 is 24.1 Å². The van der Waals surface area contributed by atoms with E-state index >= 15 is 0 Å². The van der Waals surface area contributed by atoms with Crippen molar-refractivity contribution in [2.75, 3.05) is 20.5 Å². The van der Waals surface area contributed by atoms with Gasteiger partial charge in [0.1, 0.15) is 11.5 Å². The van der Waals surface area contributed by atoms with Gasteiger partial charge in [-0.1, -0.05) is 24.3 Å². The Bertz CT molecular complexity index is 1920. The zero-order valence-corrected chi connectivity index (χ0v) is 22.8. The Hall–Kier alpha value is -5.78. The number of rotatable bonds is 7. The van der Waals surface area contributed by atoms with Crippen molar-refractivity contribution in [3.63, 3.8) is 0 Å². The molecule has 0 saturated carbocycles. The number of hydrogen-bond donors (Lipinski definition) is 1. The Morgan fingerprint density at radius 3 is 2.65 bits per heavy atom. The summed E-state index contributed by atoms with van der Waals surface area (Å²) in [6.07, 6.45) is 1.87. The number of nitrogens with zero attached hydrogens (tertiary/aromatic N) is 3. The van der Waals surface area contributed by atoms with Crippen LogP contribution in [0.15, 0.2) is 82.1 Å². The second-order valence-corrected chi connectivity index (χ2v) is 9.91. The van der Waals surface area contributed by atoms with Crippen LogP contribution in [0.3, 0.4) is 0 Å². The third-order valence-corrected chi connectivity index (χ3v) is 7.43. The number of methoxy groups -OCH3 is 1. The molecular weight excluding hydrogens is 556 g/mol. The number of nitrogens with one attached hydrogen (secondary N) is 1. The highest BCUT2D eigenvalue weighted by molar-refractivity contribution is 5.89. The minimum atomic E-state index is -0.623. The van der Waals surface area contributed by atoms with Crippen LogP contribution >= 0.6 is 0 Å². The van der Waals surface area contributed by atoms with Crippen molar-refractivity contribution in [2.24, 2.45) is 0 Å². The van der Waals surface area contributed by atoms with E-state index in [0.717, 1.165) is 10.2 Å². The molecule has 1 aliphatic carbocycles. The summed E-state index contributed by atoms with van der Waals surface area (Å²) in [6.45, 7) is -0.264. The van der Waals surface area contributed by atoms with E-state index in [1.54, 1.807) is 73.8 Å². The maximum Gasteiger partial charge on any atom is 0.435 e. The summed E-state index contributed by atoms with van der Waals surface area (Å²) in [5.74, 6) is 0.608. The summed E-state index contributed by atoms with van der Waals surface area (Å²) in [6, 6.07) is 21.3. The van der Waals surface area contributed by atoms with Gasteiger partial charge >= 0.3 is 11.3 Å². The molecule has 3 aromatic carbocycles. The number of aromatic nitrogens is 4. The van der Waals surface area contributed by atoms with Gasteiger partial charge in [0.15, 0.2) is 18.1 Å². The van der Waals surface area contributed by atoms with E-state index in [0.29, 0.717) is 39.8 Å². The number of carbonyl (C=O) groups excluding carboxylic acids is 1. The Balaban J connectivity index is 1.34. The molecule has 2 aliphatic rings. The predicted molar refractivity (Wildman–Crippen MR) is 149 cm³/mol. The minimum absolute atomic E-state index is 0.0900. The van der Waals surface area contributed by atoms with Crippen LogP contribution < -0.4 is 34.4 Å². The van der Waals surface area contributed by atoms with E-state index in [-0.39, 0.29) is 31.2 Å². The molecule has 43 heavy (non-hydrogen) atoms. The van der Waals surface area contributed by atoms with Crippen molar-refractivity contribution < 1.29 is 38.1 Å². The maximum absolute atomic E-state index is 13.4. The quantitative estimate of drug-likeness (QED) is 0.287. The second-order valence-electron chi connectivity index (χ2n) is 9.91. The van der Waals surface area contributed by atoms with Crippen molar-refractivity contribution in [3.8, 4) is 34.6 Å². The van der Waals surface area contributed by atoms with Gasteiger partial charge in [0, 0.05) is 29.5 Å². The number of allylic oxidation sites excluding steroid dienone is 1. The summed E-state index contributed by atoms with van der Waals surface area (Å²) in [7, 11) is 1.56. The van der Waals surface area contributed by atoms with Gasteiger partial charge in [-0.05, 0) is 70.0 Å². The first-order valence-electron chi connectivity index (χ1n) is 13.4. The number of benzene rings is 3. The van der Waals surface area contributed by atoms with Gasteiger partial charge in [-0.3, -0.25) is 9.32 Å². The van der Waals surface area contributed by atoms with Crippen molar-refractivity contribution in [1.29, 1.82) is 0 Å². The third-order valence-electron chi connectivity index (χ3n) is 7.43. The van der Waals surface area contributed by atoms with Crippen molar-refractivity contribution in [3.05, 3.63) is 106 Å². The number of ether oxygens (including phenoxy) is 4. The average Bonchev–Trinajstić information content (AvgIpc) is 3.76. The lowest BCUT2D eigenvalue weighted by atomic mass is 9.80. The van der Waals surface area contributed by atoms with Gasteiger partial charge in [-0.2, -0.15) is 9.78 Å². The highest BCUT2D eigenvalue weighted by atomic mass is 16.7. The Kier molecular flexibility index (Phi) is 6.42. The number of H-pyrrole nitrogens is 1. The van der Waals surface area contributed by atoms with Crippen LogP contribution in [0.1, 0.15) is 39.6 Å². The molecule has 12 heteroatoms. The maximum atomic E-state index is 13.4. The van der Waals surface area contributed by atoms with Crippen LogP contribution in [0.5, 0.6) is 28.9 Å². The Morgan fingerprint density at radius 1 is 1.07 bits per heavy atom. The average molecular weight is 581 g/mol. The molecule has 0 amide bonds. The Morgan fingerprint density at radius 2 is 1.86 bits per heavy atom. The molecule has 0 saturated heterocycles. The van der Waals surface area contributed by atoms with Crippen LogP contribution in [-0.4, -0.2) is 41.5 Å². The molecule has 0 bridgehead atoms. The van der Waals surface area contributed by atoms with Gasteiger partial charge in [-0.25, -0.2) is 4.79 Å². The van der Waals surface area contributed by atoms with Crippen LogP contribution in [0.4, 0.5) is 0 Å². The van der Waals surface area contributed by atoms with Gasteiger partial charge in [-0.15, -0.1) is 0 Å². The Labute approximate surface area is 243 Å². The first-order valence-corrected chi connectivity index (χ1v) is 13.4. The van der Waals surface area contributed by atoms with E-state index in [4.69, 9.17) is 23.5 Å². The van der Waals surface area contributed by atoms with Crippen molar-refractivity contribution in [1.82, 2.24) is 15.1 Å². The molecule has 2 aromatic heterocycles. The molecule has 0 fully saturated rings. The van der Waals surface area contributed by atoms with E-state index in [1.165, 1.54) is 4.68 Å². The summed E-state index contributed by atoms with van der Waals surface area (Å²) in [4.78, 5) is 26.5. The number of carbonyl (C=O) groups is 1. The van der Waals surface area contributed by atoms with E-state index < -0.39 is 23.3 Å². The van der Waals surface area contributed by atoms with Gasteiger partial charge in [0.05, 0.1) is 12.8 Å². The first kappa shape index (κ1) is 26.1. The summed E-state index contributed by atoms with van der Waals surface area (Å²) in [5.41, 5.74) is 2.04. The zero-order valence-electron chi connectivity index (χ0n) is 22.8. The highest BCUT2D eigenvalue weighted by Gasteiger charge is 2.36. The topological polar surface area (TPSA) is 145 Å². The number of para-hydroxylation sites is 1. The molecule has 1 atom stereocenters. The van der Waals surface area contributed by atoms with Gasteiger partial charge in [0.2, 0.25) is 12.5 Å². The lowest BCUT2D eigenvalue weighted by Gasteiger charge is -2.24. The molecule has 12 nitrogen and oxygen atoms in total. The summed E-state index contributed by atoms with van der Waals surface area (Å²) in [5, 5.41) is 20.1. The van der Waals surface area contributed by atoms with E-state index in [9.17, 15) is 14.7 Å². The SMILES string of the molecule is COc1ccc(-[n+]2[nH]oc(=O)c2C2=Cc3c(c([O-])nn3C(=O)COc3ccccc3)C(c3ccc4c(c3)OCO4)C2)cc1. The van der Waals surface area contributed by atoms with E-state index in [1.807, 2.05) is 12.1 Å². The minimum Gasteiger partial charge on any atom is -0.857 e. The highest BCUT2D eigenvalue weighted by Crippen LogP contribution is 2.46. The lowest BCUT2D eigenvalue weighted by molar-refractivity contribution is -0.672. The molecule has 1 N–H and O–H groups in total. The molecule has 1 unspecified atom stereocenters. The standard InChI is InChI=1S/C31H24N4O8/c1-39-21-10-8-20(9-11-21)34-29(31(38)43-33-34)19-13-23(18-7-12-25-26(15-18)42-17-41-25)28-24(14-19)35(32-30(28)37)27(36)16-40-22-5-3-2-4-6-22/h2-12,14-15,23H,13,16-17H2,1H3,(H-,32,33,37,38). The smallest absolute Gasteiger partial charge is 0.435 e. The third kappa shape index (κ3) is 4.68. The monoisotopic (exact) mass is 580 g/mol. The second kappa shape index (κ2) is 10.6. The molecule has 7 rings (SSSR count). The summed E-state index contributed by atoms with van der Waals surface area (Å²) >= 11 is 0. The van der Waals surface area contributed by atoms with Gasteiger partial charge in [0.25, 0.3) is 5.91 Å². The number of fused-ring (bicyclic) bond motifs is 2. The number of hydrogen-bond acceptors (Lipinski definition) is 9. The van der Waals surface area contributed by atoms with Crippen molar-refractivity contribution >= 4 is 17.6 Å². The molecular formula is C31H24N4O8. The van der Waals surface area contributed by atoms with Crippen LogP contribution in [0, 0.1) is 0 Å². The van der Waals surface area contributed by atoms with Crippen LogP contribution in [0.2, 0.25) is 0 Å². The fourth-order valence-corrected chi connectivity index (χ4v) is 5.39. The first-order chi connectivity index (χ1) is 21.0. The van der Waals surface area contributed by atoms with Crippen LogP contribution in [-0.2, 0) is 0 Å². The molecule has 0 radical (unpaired) electrons. The fourth-order valence-electron chi connectivity index (χ4n) is 5.39. The largest absolute Gasteiger partial charge is 0.857 e. The normalized spacial score (nSPS) is 15.1. The molecule has 5 aromatic rings.